The molecule has 0 saturated carbocycles. The van der Waals surface area contributed by atoms with Gasteiger partial charge in [0.1, 0.15) is 6.10 Å². The molecule has 2 unspecified atom stereocenters. The quantitative estimate of drug-likeness (QED) is 0.641. The Balaban J connectivity index is 1.24. The number of carbonyl (C=O) groups excluding carboxylic acids is 2. The first-order chi connectivity index (χ1) is 16.0. The molecule has 5 rings (SSSR count). The van der Waals surface area contributed by atoms with E-state index >= 15 is 0 Å². The van der Waals surface area contributed by atoms with Gasteiger partial charge in [-0.2, -0.15) is 0 Å². The molecule has 9 nitrogen and oxygen atoms in total. The van der Waals surface area contributed by atoms with Gasteiger partial charge in [0.05, 0.1) is 30.2 Å². The monoisotopic (exact) mass is 449 g/mol. The Morgan fingerprint density at radius 3 is 2.67 bits per heavy atom. The maximum absolute atomic E-state index is 12.8. The lowest BCUT2D eigenvalue weighted by Gasteiger charge is -2.40. The van der Waals surface area contributed by atoms with Gasteiger partial charge in [-0.3, -0.25) is 9.59 Å². The van der Waals surface area contributed by atoms with Crippen LogP contribution in [-0.2, 0) is 9.53 Å². The van der Waals surface area contributed by atoms with E-state index in [1.807, 2.05) is 41.3 Å². The molecule has 4 heterocycles. The van der Waals surface area contributed by atoms with Crippen molar-refractivity contribution in [1.29, 1.82) is 0 Å². The van der Waals surface area contributed by atoms with Crippen LogP contribution in [0.15, 0.2) is 42.6 Å². The van der Waals surface area contributed by atoms with Gasteiger partial charge in [0.25, 0.3) is 5.91 Å². The third-order valence-corrected chi connectivity index (χ3v) is 6.51. The number of piperidine rings is 1. The van der Waals surface area contributed by atoms with Crippen LogP contribution in [0.5, 0.6) is 5.88 Å². The Hall–Kier alpha value is -3.46. The van der Waals surface area contributed by atoms with Gasteiger partial charge < -0.3 is 24.3 Å². The molecule has 0 bridgehead atoms. The molecule has 2 aliphatic rings. The third-order valence-electron chi connectivity index (χ3n) is 6.51. The fraction of sp³-hybridized carbons (Fsp3) is 0.417. The molecule has 2 aromatic heterocycles. The van der Waals surface area contributed by atoms with E-state index in [0.29, 0.717) is 37.9 Å². The number of likely N-dealkylation sites (tertiary alicyclic amines) is 2. The first-order valence-corrected chi connectivity index (χ1v) is 11.2. The van der Waals surface area contributed by atoms with Crippen LogP contribution < -0.4 is 4.74 Å². The van der Waals surface area contributed by atoms with Crippen molar-refractivity contribution in [3.05, 3.63) is 54.0 Å². The molecule has 3 aromatic rings. The van der Waals surface area contributed by atoms with Crippen molar-refractivity contribution in [2.45, 2.75) is 31.5 Å². The number of nitrogens with zero attached hydrogens (tertiary/aromatic N) is 4. The van der Waals surface area contributed by atoms with E-state index in [-0.39, 0.29) is 29.9 Å². The number of ether oxygens (including phenoxy) is 2. The van der Waals surface area contributed by atoms with Crippen molar-refractivity contribution in [2.75, 3.05) is 33.3 Å². The summed E-state index contributed by atoms with van der Waals surface area (Å²) in [5, 5.41) is 0. The number of H-pyrrole nitrogens is 1. The lowest BCUT2D eigenvalue weighted by molar-refractivity contribution is -0.132. The normalized spacial score (nSPS) is 21.2. The summed E-state index contributed by atoms with van der Waals surface area (Å²) < 4.78 is 11.9. The zero-order valence-electron chi connectivity index (χ0n) is 18.7. The molecule has 1 N–H and O–H groups in total. The number of hydrogen-bond acceptors (Lipinski definition) is 6. The zero-order valence-corrected chi connectivity index (χ0v) is 18.7. The van der Waals surface area contributed by atoms with Crippen LogP contribution in [0.4, 0.5) is 0 Å². The summed E-state index contributed by atoms with van der Waals surface area (Å²) in [6, 6.07) is 11.5. The Morgan fingerprint density at radius 1 is 1.09 bits per heavy atom. The van der Waals surface area contributed by atoms with E-state index in [0.717, 1.165) is 23.0 Å². The van der Waals surface area contributed by atoms with Crippen molar-refractivity contribution in [3.8, 4) is 5.88 Å². The first kappa shape index (κ1) is 21.4. The molecule has 0 aliphatic carbocycles. The van der Waals surface area contributed by atoms with Gasteiger partial charge in [-0.05, 0) is 24.6 Å². The highest BCUT2D eigenvalue weighted by Crippen LogP contribution is 2.35. The van der Waals surface area contributed by atoms with Gasteiger partial charge in [0.2, 0.25) is 11.8 Å². The molecule has 172 valence electrons. The number of aromatic amines is 1. The molecule has 9 heteroatoms. The predicted octanol–water partition coefficient (Wildman–Crippen LogP) is 2.21. The minimum absolute atomic E-state index is 0.0573. The molecule has 2 aliphatic heterocycles. The van der Waals surface area contributed by atoms with Crippen LogP contribution >= 0.6 is 0 Å². The lowest BCUT2D eigenvalue weighted by Crippen LogP contribution is -2.56. The topological polar surface area (TPSA) is 101 Å². The number of methoxy groups -OCH3 is 1. The number of hydrogen-bond donors (Lipinski definition) is 1. The maximum atomic E-state index is 12.8. The molecular formula is C24H27N5O4. The second-order valence-electron chi connectivity index (χ2n) is 8.58. The Morgan fingerprint density at radius 2 is 1.91 bits per heavy atom. The van der Waals surface area contributed by atoms with Crippen LogP contribution in [-0.4, -0.2) is 82.1 Å². The van der Waals surface area contributed by atoms with Crippen molar-refractivity contribution in [2.24, 2.45) is 0 Å². The minimum Gasteiger partial charge on any atom is -0.470 e. The number of nitrogens with one attached hydrogen (secondary N) is 1. The average molecular weight is 450 g/mol. The molecule has 2 saturated heterocycles. The molecule has 33 heavy (non-hydrogen) atoms. The van der Waals surface area contributed by atoms with Crippen molar-refractivity contribution < 1.29 is 19.1 Å². The Bertz CT molecular complexity index is 1140. The van der Waals surface area contributed by atoms with E-state index in [1.54, 1.807) is 25.1 Å². The zero-order chi connectivity index (χ0) is 22.9. The van der Waals surface area contributed by atoms with Crippen LogP contribution in [0.2, 0.25) is 0 Å². The van der Waals surface area contributed by atoms with Gasteiger partial charge in [0.15, 0.2) is 5.82 Å². The van der Waals surface area contributed by atoms with E-state index in [2.05, 4.69) is 15.0 Å². The number of fused-ring (bicyclic) bond motifs is 1. The van der Waals surface area contributed by atoms with Gasteiger partial charge in [0, 0.05) is 44.8 Å². The van der Waals surface area contributed by atoms with Crippen LogP contribution in [0.25, 0.3) is 11.0 Å². The van der Waals surface area contributed by atoms with Gasteiger partial charge in [-0.25, -0.2) is 9.97 Å². The lowest BCUT2D eigenvalue weighted by atomic mass is 9.87. The van der Waals surface area contributed by atoms with Crippen LogP contribution in [0.3, 0.4) is 0 Å². The van der Waals surface area contributed by atoms with E-state index in [1.165, 1.54) is 0 Å². The number of aromatic nitrogens is 3. The fourth-order valence-electron chi connectivity index (χ4n) is 4.62. The number of para-hydroxylation sites is 2. The highest BCUT2D eigenvalue weighted by atomic mass is 16.5. The number of benzene rings is 1. The summed E-state index contributed by atoms with van der Waals surface area (Å²) >= 11 is 0. The predicted molar refractivity (Wildman–Crippen MR) is 121 cm³/mol. The first-order valence-electron chi connectivity index (χ1n) is 11.2. The van der Waals surface area contributed by atoms with Crippen molar-refractivity contribution in [1.82, 2.24) is 24.8 Å². The third kappa shape index (κ3) is 4.16. The maximum Gasteiger partial charge on any atom is 0.289 e. The largest absolute Gasteiger partial charge is 0.470 e. The summed E-state index contributed by atoms with van der Waals surface area (Å²) in [5.41, 5.74) is 2.60. The van der Waals surface area contributed by atoms with Gasteiger partial charge in [-0.1, -0.05) is 18.2 Å². The summed E-state index contributed by atoms with van der Waals surface area (Å²) in [6.07, 6.45) is 2.23. The molecule has 1 aromatic carbocycles. The van der Waals surface area contributed by atoms with E-state index in [4.69, 9.17) is 9.47 Å². The molecule has 2 amide bonds. The number of carbonyl (C=O) groups is 2. The second-order valence-corrected chi connectivity index (χ2v) is 8.58. The fourth-order valence-corrected chi connectivity index (χ4v) is 4.62. The van der Waals surface area contributed by atoms with Crippen LogP contribution in [0, 0.1) is 0 Å². The van der Waals surface area contributed by atoms with Crippen molar-refractivity contribution in [3.63, 3.8) is 0 Å². The minimum atomic E-state index is -0.136. The molecule has 0 radical (unpaired) electrons. The average Bonchev–Trinajstić information content (AvgIpc) is 3.25. The van der Waals surface area contributed by atoms with E-state index < -0.39 is 0 Å². The summed E-state index contributed by atoms with van der Waals surface area (Å²) in [5.74, 6) is 0.919. The number of imidazole rings is 1. The molecular weight excluding hydrogens is 422 g/mol. The number of rotatable bonds is 5. The number of amides is 2. The SMILES string of the molecule is COC1CN(C(C)=O)CCC1c1cccnc1OC1CN(C(=O)c2nc3ccccc3[nH]2)C1. The highest BCUT2D eigenvalue weighted by Gasteiger charge is 2.37. The Kier molecular flexibility index (Phi) is 5.72. The molecule has 2 atom stereocenters. The number of pyridine rings is 1. The summed E-state index contributed by atoms with van der Waals surface area (Å²) in [4.78, 5) is 40.1. The smallest absolute Gasteiger partial charge is 0.289 e. The standard InChI is InChI=1S/C24H27N5O4/c1-15(30)28-11-9-17(21(14-28)32-2)18-6-5-10-25-23(18)33-16-12-29(13-16)24(31)22-26-19-7-3-4-8-20(19)27-22/h3-8,10,16-17,21H,9,11-14H2,1-2H3,(H,26,27). The van der Waals surface area contributed by atoms with Crippen molar-refractivity contribution >= 4 is 22.8 Å². The highest BCUT2D eigenvalue weighted by molar-refractivity contribution is 5.94. The summed E-state index contributed by atoms with van der Waals surface area (Å²) in [7, 11) is 1.67. The summed E-state index contributed by atoms with van der Waals surface area (Å²) in [6.45, 7) is 3.76. The van der Waals surface area contributed by atoms with Gasteiger partial charge >= 0.3 is 0 Å². The van der Waals surface area contributed by atoms with Gasteiger partial charge in [-0.15, -0.1) is 0 Å². The second kappa shape index (κ2) is 8.82. The molecule has 2 fully saturated rings. The van der Waals surface area contributed by atoms with Crippen LogP contribution in [0.1, 0.15) is 35.4 Å². The van der Waals surface area contributed by atoms with E-state index in [9.17, 15) is 9.59 Å². The molecule has 0 spiro atoms. The Labute approximate surface area is 191 Å².